The Kier molecular flexibility index (Phi) is 5.11. The summed E-state index contributed by atoms with van der Waals surface area (Å²) in [6.07, 6.45) is 0. The van der Waals surface area contributed by atoms with E-state index >= 15 is 0 Å². The molecule has 0 amide bonds. The lowest BCUT2D eigenvalue weighted by atomic mass is 9.99. The van der Waals surface area contributed by atoms with Crippen LogP contribution in [0.5, 0.6) is 0 Å². The molecule has 0 unspecified atom stereocenters. The number of fused-ring (bicyclic) bond motifs is 3. The summed E-state index contributed by atoms with van der Waals surface area (Å²) in [6, 6.07) is 36.6. The van der Waals surface area contributed by atoms with E-state index in [1.54, 1.807) is 22.8 Å². The summed E-state index contributed by atoms with van der Waals surface area (Å²) in [5.74, 6) is 1.44. The zero-order chi connectivity index (χ0) is 40.4. The van der Waals surface area contributed by atoms with Crippen LogP contribution in [0.1, 0.15) is 12.3 Å². The first kappa shape index (κ1) is 20.6. The standard InChI is InChI=1S/C45H30N4/c1-4-14-31(15-5-1)35-26-29-42-40(30-35)38-21-12-13-23-41(38)49(42)36-27-24-34(25-28-36)44-46-43(33-18-8-3-9-19-33)47-45(48-44)39-22-11-10-20-37(39)32-16-6-2-7-17-32/h1-30H/i1D,4D,5D,12D,13D,14D,15D,21D,23D. The third-order valence-corrected chi connectivity index (χ3v) is 8.49. The van der Waals surface area contributed by atoms with Crippen molar-refractivity contribution in [2.45, 2.75) is 0 Å². The molecule has 9 aromatic rings. The van der Waals surface area contributed by atoms with Crippen molar-refractivity contribution in [3.05, 3.63) is 182 Å². The Morgan fingerprint density at radius 2 is 0.959 bits per heavy atom. The number of hydrogen-bond acceptors (Lipinski definition) is 3. The lowest BCUT2D eigenvalue weighted by molar-refractivity contribution is 1.07. The maximum absolute atomic E-state index is 9.01. The molecule has 0 radical (unpaired) electrons. The highest BCUT2D eigenvalue weighted by molar-refractivity contribution is 6.10. The van der Waals surface area contributed by atoms with Crippen LogP contribution in [0.2, 0.25) is 0 Å². The Morgan fingerprint density at radius 3 is 1.69 bits per heavy atom. The van der Waals surface area contributed by atoms with Crippen molar-refractivity contribution in [3.8, 4) is 62.1 Å². The number of benzene rings is 7. The van der Waals surface area contributed by atoms with Crippen LogP contribution in [0.3, 0.4) is 0 Å². The van der Waals surface area contributed by atoms with Crippen LogP contribution in [0.25, 0.3) is 83.9 Å². The van der Waals surface area contributed by atoms with Gasteiger partial charge >= 0.3 is 0 Å². The van der Waals surface area contributed by atoms with Gasteiger partial charge in [0.05, 0.1) is 23.4 Å². The van der Waals surface area contributed by atoms with Crippen molar-refractivity contribution in [1.29, 1.82) is 0 Å². The lowest BCUT2D eigenvalue weighted by Crippen LogP contribution is -2.01. The molecule has 0 aliphatic carbocycles. The number of rotatable bonds is 6. The molecule has 230 valence electrons. The van der Waals surface area contributed by atoms with Gasteiger partial charge in [0.1, 0.15) is 0 Å². The van der Waals surface area contributed by atoms with E-state index in [0.717, 1.165) is 22.3 Å². The van der Waals surface area contributed by atoms with Crippen molar-refractivity contribution >= 4 is 21.8 Å². The van der Waals surface area contributed by atoms with E-state index in [4.69, 9.17) is 27.3 Å². The minimum atomic E-state index is -0.504. The van der Waals surface area contributed by atoms with E-state index in [2.05, 4.69) is 0 Å². The molecule has 2 heterocycles. The Labute approximate surface area is 297 Å². The molecule has 0 bridgehead atoms. The van der Waals surface area contributed by atoms with Gasteiger partial charge in [0.2, 0.25) is 0 Å². The van der Waals surface area contributed by atoms with Gasteiger partial charge in [-0.05, 0) is 64.7 Å². The Morgan fingerprint density at radius 1 is 0.388 bits per heavy atom. The van der Waals surface area contributed by atoms with Crippen LogP contribution >= 0.6 is 0 Å². The van der Waals surface area contributed by atoms with E-state index < -0.39 is 30.2 Å². The first-order valence-corrected chi connectivity index (χ1v) is 15.7. The molecule has 0 spiro atoms. The van der Waals surface area contributed by atoms with Gasteiger partial charge in [-0.2, -0.15) is 0 Å². The molecular weight excluding hydrogens is 597 g/mol. The molecule has 7 aromatic carbocycles. The first-order chi connectivity index (χ1) is 28.0. The predicted molar refractivity (Wildman–Crippen MR) is 201 cm³/mol. The third kappa shape index (κ3) is 5.26. The fourth-order valence-electron chi connectivity index (χ4n) is 6.19. The molecular formula is C45H30N4. The van der Waals surface area contributed by atoms with Crippen LogP contribution < -0.4 is 0 Å². The molecule has 0 saturated heterocycles. The number of aromatic nitrogens is 4. The molecule has 4 nitrogen and oxygen atoms in total. The average Bonchev–Trinajstić information content (AvgIpc) is 3.61. The summed E-state index contributed by atoms with van der Waals surface area (Å²) in [5, 5.41) is 0.674. The predicted octanol–water partition coefficient (Wildman–Crippen LogP) is 11.3. The van der Waals surface area contributed by atoms with Gasteiger partial charge in [-0.25, -0.2) is 15.0 Å². The fraction of sp³-hybridized carbons (Fsp3) is 0. The van der Waals surface area contributed by atoms with Gasteiger partial charge in [-0.1, -0.05) is 139 Å². The van der Waals surface area contributed by atoms with Crippen LogP contribution in [0.4, 0.5) is 0 Å². The Balaban J connectivity index is 1.23. The quantitative estimate of drug-likeness (QED) is 0.183. The normalized spacial score (nSPS) is 13.8. The van der Waals surface area contributed by atoms with Crippen LogP contribution in [-0.2, 0) is 0 Å². The van der Waals surface area contributed by atoms with Crippen molar-refractivity contribution in [2.24, 2.45) is 0 Å². The molecule has 0 atom stereocenters. The van der Waals surface area contributed by atoms with E-state index in [9.17, 15) is 0 Å². The van der Waals surface area contributed by atoms with Gasteiger partial charge in [0.15, 0.2) is 17.5 Å². The average molecular weight is 636 g/mol. The van der Waals surface area contributed by atoms with E-state index in [1.165, 1.54) is 0 Å². The van der Waals surface area contributed by atoms with E-state index in [0.29, 0.717) is 45.2 Å². The molecule has 4 heteroatoms. The van der Waals surface area contributed by atoms with E-state index in [-0.39, 0.29) is 40.6 Å². The minimum absolute atomic E-state index is 0.00280. The van der Waals surface area contributed by atoms with Gasteiger partial charge in [0, 0.05) is 33.2 Å². The van der Waals surface area contributed by atoms with Crippen molar-refractivity contribution < 1.29 is 12.3 Å². The molecule has 0 aliphatic heterocycles. The minimum Gasteiger partial charge on any atom is -0.309 e. The largest absolute Gasteiger partial charge is 0.309 e. The summed E-state index contributed by atoms with van der Waals surface area (Å²) in [6.45, 7) is 0. The van der Waals surface area contributed by atoms with Crippen LogP contribution in [0, 0.1) is 0 Å². The summed E-state index contributed by atoms with van der Waals surface area (Å²) >= 11 is 0. The molecule has 0 fully saturated rings. The zero-order valence-electron chi connectivity index (χ0n) is 34.9. The number of hydrogen-bond donors (Lipinski definition) is 0. The maximum Gasteiger partial charge on any atom is 0.164 e. The summed E-state index contributed by atoms with van der Waals surface area (Å²) < 4.78 is 78.4. The molecule has 49 heavy (non-hydrogen) atoms. The maximum atomic E-state index is 9.01. The first-order valence-electron chi connectivity index (χ1n) is 20.2. The lowest BCUT2D eigenvalue weighted by Gasteiger charge is -2.13. The van der Waals surface area contributed by atoms with Crippen molar-refractivity contribution in [1.82, 2.24) is 19.5 Å². The van der Waals surface area contributed by atoms with Gasteiger partial charge < -0.3 is 4.57 Å². The van der Waals surface area contributed by atoms with Crippen molar-refractivity contribution in [3.63, 3.8) is 0 Å². The van der Waals surface area contributed by atoms with Gasteiger partial charge in [0.25, 0.3) is 0 Å². The van der Waals surface area contributed by atoms with E-state index in [1.807, 2.05) is 109 Å². The number of nitrogens with zero attached hydrogens (tertiary/aromatic N) is 4. The molecule has 0 aliphatic rings. The fourth-order valence-corrected chi connectivity index (χ4v) is 6.19. The second-order valence-corrected chi connectivity index (χ2v) is 11.4. The van der Waals surface area contributed by atoms with Crippen molar-refractivity contribution in [2.75, 3.05) is 0 Å². The second-order valence-electron chi connectivity index (χ2n) is 11.4. The Bertz CT molecular complexity index is 3070. The highest BCUT2D eigenvalue weighted by Crippen LogP contribution is 2.36. The Hall–Kier alpha value is -6.65. The van der Waals surface area contributed by atoms with Gasteiger partial charge in [-0.15, -0.1) is 0 Å². The summed E-state index contributed by atoms with van der Waals surface area (Å²) in [7, 11) is 0. The van der Waals surface area contributed by atoms with Crippen LogP contribution in [-0.4, -0.2) is 19.5 Å². The SMILES string of the molecule is [2H]c1c([2H])c([2H])c(-c2ccc3c(c2)c2c([2H])c([2H])c([2H])c([2H])c2n3-c2ccc(-c3nc(-c4ccccc4)nc(-c4ccccc4-c4ccccc4)n3)cc2)c([2H])c1[2H]. The smallest absolute Gasteiger partial charge is 0.164 e. The molecule has 2 aromatic heterocycles. The van der Waals surface area contributed by atoms with Gasteiger partial charge in [-0.3, -0.25) is 0 Å². The van der Waals surface area contributed by atoms with Crippen LogP contribution in [0.15, 0.2) is 182 Å². The topological polar surface area (TPSA) is 43.6 Å². The molecule has 0 N–H and O–H groups in total. The summed E-state index contributed by atoms with van der Waals surface area (Å²) in [5.41, 5.74) is 6.03. The second kappa shape index (κ2) is 12.2. The zero-order valence-corrected chi connectivity index (χ0v) is 25.9. The third-order valence-electron chi connectivity index (χ3n) is 8.49. The monoisotopic (exact) mass is 635 g/mol. The summed E-state index contributed by atoms with van der Waals surface area (Å²) in [4.78, 5) is 14.9. The highest BCUT2D eigenvalue weighted by atomic mass is 15.0. The highest BCUT2D eigenvalue weighted by Gasteiger charge is 2.17. The molecule has 0 saturated carbocycles. The molecule has 9 rings (SSSR count). The number of para-hydroxylation sites is 1.